The molecular weight excluding hydrogens is 480 g/mol. The van der Waals surface area contributed by atoms with E-state index in [-0.39, 0.29) is 29.2 Å². The number of alkyl halides is 3. The molecule has 3 rings (SSSR count). The molecule has 3 aromatic rings. The number of anilines is 3. The van der Waals surface area contributed by atoms with Gasteiger partial charge in [0.15, 0.2) is 0 Å². The van der Waals surface area contributed by atoms with Crippen molar-refractivity contribution in [1.29, 1.82) is 0 Å². The SMILES string of the molecule is CC[C@@H](C)Nc1nc(Nc2ccc(Br)cc2F)cc(-c2cccc(OC(F)(F)F)c2)n1. The molecule has 0 spiro atoms. The average Bonchev–Trinajstić information content (AvgIpc) is 2.69. The van der Waals surface area contributed by atoms with Gasteiger partial charge in [0.05, 0.1) is 11.4 Å². The molecule has 31 heavy (non-hydrogen) atoms. The standard InChI is InChI=1S/C21H19BrF4N4O/c1-3-12(2)27-20-29-18(13-5-4-6-15(9-13)31-21(24,25)26)11-19(30-20)28-17-8-7-14(22)10-16(17)23/h4-12H,3H2,1-2H3,(H2,27,28,29,30)/t12-/m1/s1. The lowest BCUT2D eigenvalue weighted by molar-refractivity contribution is -0.274. The van der Waals surface area contributed by atoms with Gasteiger partial charge in [-0.1, -0.05) is 35.0 Å². The van der Waals surface area contributed by atoms with Crippen molar-refractivity contribution in [3.63, 3.8) is 0 Å². The molecule has 164 valence electrons. The van der Waals surface area contributed by atoms with Crippen LogP contribution in [-0.4, -0.2) is 22.4 Å². The average molecular weight is 499 g/mol. The molecule has 0 aliphatic carbocycles. The zero-order valence-corrected chi connectivity index (χ0v) is 18.2. The number of benzene rings is 2. The molecule has 0 unspecified atom stereocenters. The summed E-state index contributed by atoms with van der Waals surface area (Å²) in [7, 11) is 0. The molecule has 1 atom stereocenters. The summed E-state index contributed by atoms with van der Waals surface area (Å²) in [6.07, 6.45) is -4.01. The third kappa shape index (κ3) is 6.55. The van der Waals surface area contributed by atoms with Crippen LogP contribution in [0.2, 0.25) is 0 Å². The van der Waals surface area contributed by atoms with Crippen molar-refractivity contribution in [2.45, 2.75) is 32.7 Å². The van der Waals surface area contributed by atoms with Gasteiger partial charge in [0.1, 0.15) is 17.4 Å². The normalized spacial score (nSPS) is 12.4. The fraction of sp³-hybridized carbons (Fsp3) is 0.238. The third-order valence-electron chi connectivity index (χ3n) is 4.27. The molecule has 0 saturated carbocycles. The zero-order valence-electron chi connectivity index (χ0n) is 16.6. The molecule has 1 aromatic heterocycles. The van der Waals surface area contributed by atoms with E-state index in [1.54, 1.807) is 18.2 Å². The lowest BCUT2D eigenvalue weighted by Crippen LogP contribution is -2.17. The highest BCUT2D eigenvalue weighted by Crippen LogP contribution is 2.30. The van der Waals surface area contributed by atoms with Gasteiger partial charge < -0.3 is 15.4 Å². The quantitative estimate of drug-likeness (QED) is 0.347. The maximum Gasteiger partial charge on any atom is 0.573 e. The summed E-state index contributed by atoms with van der Waals surface area (Å²) in [4.78, 5) is 8.77. The molecule has 0 saturated heterocycles. The predicted molar refractivity (Wildman–Crippen MR) is 115 cm³/mol. The van der Waals surface area contributed by atoms with Crippen LogP contribution in [-0.2, 0) is 0 Å². The Bertz CT molecular complexity index is 1060. The maximum atomic E-state index is 14.3. The molecule has 0 aliphatic heterocycles. The fourth-order valence-electron chi connectivity index (χ4n) is 2.63. The Kier molecular flexibility index (Phi) is 6.99. The molecule has 0 amide bonds. The lowest BCUT2D eigenvalue weighted by Gasteiger charge is -2.15. The lowest BCUT2D eigenvalue weighted by atomic mass is 10.1. The summed E-state index contributed by atoms with van der Waals surface area (Å²) in [5.41, 5.74) is 0.917. The van der Waals surface area contributed by atoms with E-state index in [1.807, 2.05) is 13.8 Å². The van der Waals surface area contributed by atoms with Gasteiger partial charge in [0.2, 0.25) is 5.95 Å². The zero-order chi connectivity index (χ0) is 22.6. The van der Waals surface area contributed by atoms with Gasteiger partial charge in [-0.15, -0.1) is 13.2 Å². The van der Waals surface area contributed by atoms with E-state index in [0.717, 1.165) is 6.42 Å². The van der Waals surface area contributed by atoms with Crippen molar-refractivity contribution in [2.75, 3.05) is 10.6 Å². The summed E-state index contributed by atoms with van der Waals surface area (Å²) in [6, 6.07) is 11.6. The van der Waals surface area contributed by atoms with Gasteiger partial charge in [-0.05, 0) is 43.7 Å². The highest BCUT2D eigenvalue weighted by Gasteiger charge is 2.31. The molecular formula is C21H19BrF4N4O. The molecule has 0 aliphatic rings. The predicted octanol–water partition coefficient (Wildman–Crippen LogP) is 6.90. The second-order valence-electron chi connectivity index (χ2n) is 6.74. The van der Waals surface area contributed by atoms with E-state index in [1.165, 1.54) is 30.3 Å². The number of rotatable bonds is 7. The highest BCUT2D eigenvalue weighted by molar-refractivity contribution is 9.10. The topological polar surface area (TPSA) is 59.1 Å². The Morgan fingerprint density at radius 2 is 1.87 bits per heavy atom. The largest absolute Gasteiger partial charge is 0.573 e. The van der Waals surface area contributed by atoms with Crippen molar-refractivity contribution >= 4 is 33.4 Å². The van der Waals surface area contributed by atoms with E-state index in [0.29, 0.717) is 15.7 Å². The molecule has 0 radical (unpaired) electrons. The second-order valence-corrected chi connectivity index (χ2v) is 7.66. The number of aromatic nitrogens is 2. The van der Waals surface area contributed by atoms with E-state index in [4.69, 9.17) is 0 Å². The molecule has 2 N–H and O–H groups in total. The number of ether oxygens (including phenoxy) is 1. The van der Waals surface area contributed by atoms with Crippen molar-refractivity contribution in [2.24, 2.45) is 0 Å². The monoisotopic (exact) mass is 498 g/mol. The fourth-order valence-corrected chi connectivity index (χ4v) is 2.96. The molecule has 2 aromatic carbocycles. The first-order valence-corrected chi connectivity index (χ1v) is 10.2. The number of nitrogens with zero attached hydrogens (tertiary/aromatic N) is 2. The van der Waals surface area contributed by atoms with E-state index in [9.17, 15) is 17.6 Å². The van der Waals surface area contributed by atoms with Crippen LogP contribution in [0.15, 0.2) is 53.0 Å². The number of halogens is 5. The summed E-state index contributed by atoms with van der Waals surface area (Å²) < 4.78 is 56.6. The van der Waals surface area contributed by atoms with E-state index >= 15 is 0 Å². The van der Waals surface area contributed by atoms with Gasteiger partial charge >= 0.3 is 6.36 Å². The van der Waals surface area contributed by atoms with Crippen LogP contribution in [0.25, 0.3) is 11.3 Å². The minimum atomic E-state index is -4.81. The first-order valence-electron chi connectivity index (χ1n) is 9.37. The highest BCUT2D eigenvalue weighted by atomic mass is 79.9. The first kappa shape index (κ1) is 22.8. The molecule has 10 heteroatoms. The summed E-state index contributed by atoms with van der Waals surface area (Å²) >= 11 is 3.20. The van der Waals surface area contributed by atoms with Gasteiger partial charge in [0.25, 0.3) is 0 Å². The van der Waals surface area contributed by atoms with Crippen molar-refractivity contribution < 1.29 is 22.3 Å². The van der Waals surface area contributed by atoms with Crippen molar-refractivity contribution in [3.05, 3.63) is 58.8 Å². The first-order chi connectivity index (χ1) is 14.6. The van der Waals surface area contributed by atoms with Crippen molar-refractivity contribution in [3.8, 4) is 17.0 Å². The summed E-state index contributed by atoms with van der Waals surface area (Å²) in [5.74, 6) is -0.326. The summed E-state index contributed by atoms with van der Waals surface area (Å²) in [5, 5.41) is 6.03. The second kappa shape index (κ2) is 9.51. The van der Waals surface area contributed by atoms with Gasteiger partial charge in [0, 0.05) is 22.1 Å². The van der Waals surface area contributed by atoms with Crippen LogP contribution >= 0.6 is 15.9 Å². The maximum absolute atomic E-state index is 14.3. The van der Waals surface area contributed by atoms with Crippen LogP contribution in [0.5, 0.6) is 5.75 Å². The molecule has 0 bridgehead atoms. The number of hydrogen-bond donors (Lipinski definition) is 2. The smallest absolute Gasteiger partial charge is 0.406 e. The minimum Gasteiger partial charge on any atom is -0.406 e. The van der Waals surface area contributed by atoms with E-state index in [2.05, 4.69) is 41.3 Å². The summed E-state index contributed by atoms with van der Waals surface area (Å²) in [6.45, 7) is 3.92. The van der Waals surface area contributed by atoms with Crippen LogP contribution < -0.4 is 15.4 Å². The van der Waals surface area contributed by atoms with Crippen LogP contribution in [0.4, 0.5) is 35.0 Å². The van der Waals surface area contributed by atoms with Crippen molar-refractivity contribution in [1.82, 2.24) is 9.97 Å². The van der Waals surface area contributed by atoms with Gasteiger partial charge in [-0.3, -0.25) is 0 Å². The third-order valence-corrected chi connectivity index (χ3v) is 4.76. The Morgan fingerprint density at radius 1 is 1.10 bits per heavy atom. The van der Waals surface area contributed by atoms with Gasteiger partial charge in [-0.25, -0.2) is 9.37 Å². The molecule has 5 nitrogen and oxygen atoms in total. The molecule has 1 heterocycles. The van der Waals surface area contributed by atoms with Crippen LogP contribution in [0.3, 0.4) is 0 Å². The minimum absolute atomic E-state index is 0.0485. The molecule has 0 fully saturated rings. The number of nitrogens with one attached hydrogen (secondary N) is 2. The Morgan fingerprint density at radius 3 is 2.55 bits per heavy atom. The number of hydrogen-bond acceptors (Lipinski definition) is 5. The van der Waals surface area contributed by atoms with Crippen LogP contribution in [0, 0.1) is 5.82 Å². The van der Waals surface area contributed by atoms with Gasteiger partial charge in [-0.2, -0.15) is 4.98 Å². The van der Waals surface area contributed by atoms with E-state index < -0.39 is 12.2 Å². The van der Waals surface area contributed by atoms with Crippen LogP contribution in [0.1, 0.15) is 20.3 Å². The Balaban J connectivity index is 2.00. The Hall–Kier alpha value is -2.88. The Labute approximate surface area is 185 Å².